The summed E-state index contributed by atoms with van der Waals surface area (Å²) < 4.78 is 22.6. The number of carbonyl (C=O) groups excluding carboxylic acids is 5. The van der Waals surface area contributed by atoms with E-state index in [2.05, 4.69) is 17.2 Å². The number of benzene rings is 3. The minimum Gasteiger partial charge on any atom is -0.480 e. The van der Waals surface area contributed by atoms with Crippen LogP contribution in [0.2, 0.25) is 0 Å². The largest absolute Gasteiger partial charge is 0.480 e. The zero-order chi connectivity index (χ0) is 47.3. The van der Waals surface area contributed by atoms with Crippen molar-refractivity contribution in [2.45, 2.75) is 122 Å². The van der Waals surface area contributed by atoms with Gasteiger partial charge in [0, 0.05) is 31.5 Å². The quantitative estimate of drug-likeness (QED) is 0.0455. The third kappa shape index (κ3) is 14.1. The lowest BCUT2D eigenvalue weighted by molar-refractivity contribution is -0.164. The Balaban J connectivity index is 1.42. The van der Waals surface area contributed by atoms with Gasteiger partial charge in [0.2, 0.25) is 5.91 Å². The highest BCUT2D eigenvalue weighted by atomic mass is 16.6. The normalized spacial score (nSPS) is 15.9. The summed E-state index contributed by atoms with van der Waals surface area (Å²) in [5.41, 5.74) is 3.13. The molecule has 350 valence electrons. The Morgan fingerprint density at radius 2 is 1.43 bits per heavy atom. The van der Waals surface area contributed by atoms with Crippen LogP contribution < -0.4 is 10.6 Å². The zero-order valence-corrected chi connectivity index (χ0v) is 38.4. The first kappa shape index (κ1) is 49.6. The average molecular weight is 897 g/mol. The lowest BCUT2D eigenvalue weighted by Gasteiger charge is -2.36. The number of carboxylic acids is 1. The SMILES string of the molecule is C=C[C@@H](CCN(C(=O)OCC1c2ccccc2-c2ccccc21)[C@@H](CCCCNC(=O)OCc1ccccc1)C(=O)N1CCC[C@H]1C(=O)OC(C)(C)C)[C@H](NC(=O)OC(C)(C)C)C(=O)O. The highest BCUT2D eigenvalue weighted by Gasteiger charge is 2.43. The van der Waals surface area contributed by atoms with Gasteiger partial charge in [-0.3, -0.25) is 9.69 Å². The van der Waals surface area contributed by atoms with Crippen molar-refractivity contribution >= 4 is 36.1 Å². The van der Waals surface area contributed by atoms with E-state index in [1.165, 1.54) is 15.9 Å². The molecule has 65 heavy (non-hydrogen) atoms. The van der Waals surface area contributed by atoms with Crippen LogP contribution in [-0.2, 0) is 39.9 Å². The molecule has 3 N–H and O–H groups in total. The number of alkyl carbamates (subject to hydrolysis) is 2. The third-order valence-corrected chi connectivity index (χ3v) is 11.2. The smallest absolute Gasteiger partial charge is 0.410 e. The summed E-state index contributed by atoms with van der Waals surface area (Å²) >= 11 is 0. The molecule has 1 aliphatic carbocycles. The average Bonchev–Trinajstić information content (AvgIpc) is 3.87. The Labute approximate surface area is 381 Å². The molecular formula is C50H64N4O11. The fraction of sp³-hybridized carbons (Fsp3) is 0.480. The number of carboxylic acid groups (broad SMARTS) is 1. The van der Waals surface area contributed by atoms with Crippen LogP contribution in [0.15, 0.2) is 91.5 Å². The molecule has 0 spiro atoms. The number of unbranched alkanes of at least 4 members (excludes halogenated alkanes) is 1. The summed E-state index contributed by atoms with van der Waals surface area (Å²) in [6.45, 7) is 14.3. The predicted octanol–water partition coefficient (Wildman–Crippen LogP) is 8.21. The molecular weight excluding hydrogens is 833 g/mol. The summed E-state index contributed by atoms with van der Waals surface area (Å²) in [6.07, 6.45) is 0.665. The van der Waals surface area contributed by atoms with E-state index in [4.69, 9.17) is 18.9 Å². The highest BCUT2D eigenvalue weighted by Crippen LogP contribution is 2.44. The number of nitrogens with zero attached hydrogens (tertiary/aromatic N) is 2. The first-order chi connectivity index (χ1) is 30.9. The number of aliphatic carboxylic acids is 1. The summed E-state index contributed by atoms with van der Waals surface area (Å²) in [5.74, 6) is -3.66. The van der Waals surface area contributed by atoms with E-state index in [9.17, 15) is 33.9 Å². The van der Waals surface area contributed by atoms with Crippen molar-refractivity contribution in [3.05, 3.63) is 108 Å². The molecule has 15 heteroatoms. The van der Waals surface area contributed by atoms with Crippen LogP contribution >= 0.6 is 0 Å². The number of carbonyl (C=O) groups is 6. The van der Waals surface area contributed by atoms with E-state index in [0.29, 0.717) is 25.7 Å². The predicted molar refractivity (Wildman–Crippen MR) is 244 cm³/mol. The number of nitrogens with one attached hydrogen (secondary N) is 2. The van der Waals surface area contributed by atoms with E-state index in [0.717, 1.165) is 27.8 Å². The first-order valence-electron chi connectivity index (χ1n) is 22.3. The van der Waals surface area contributed by atoms with Crippen molar-refractivity contribution in [1.29, 1.82) is 0 Å². The van der Waals surface area contributed by atoms with Crippen molar-refractivity contribution in [3.63, 3.8) is 0 Å². The lowest BCUT2D eigenvalue weighted by Crippen LogP contribution is -2.55. The van der Waals surface area contributed by atoms with E-state index in [1.807, 2.05) is 78.9 Å². The van der Waals surface area contributed by atoms with E-state index < -0.39 is 71.4 Å². The topological polar surface area (TPSA) is 190 Å². The maximum Gasteiger partial charge on any atom is 0.410 e. The van der Waals surface area contributed by atoms with Crippen LogP contribution in [0.25, 0.3) is 11.1 Å². The van der Waals surface area contributed by atoms with Crippen molar-refractivity contribution in [2.24, 2.45) is 5.92 Å². The van der Waals surface area contributed by atoms with Gasteiger partial charge in [0.1, 0.15) is 42.5 Å². The van der Waals surface area contributed by atoms with Gasteiger partial charge in [-0.05, 0) is 108 Å². The Hall–Kier alpha value is -6.38. The van der Waals surface area contributed by atoms with Crippen LogP contribution in [0.5, 0.6) is 0 Å². The molecule has 1 fully saturated rings. The fourth-order valence-corrected chi connectivity index (χ4v) is 8.22. The monoisotopic (exact) mass is 896 g/mol. The molecule has 0 bridgehead atoms. The van der Waals surface area contributed by atoms with Crippen LogP contribution in [0.3, 0.4) is 0 Å². The van der Waals surface area contributed by atoms with E-state index in [-0.39, 0.29) is 51.6 Å². The van der Waals surface area contributed by atoms with Gasteiger partial charge in [-0.2, -0.15) is 0 Å². The van der Waals surface area contributed by atoms with Crippen molar-refractivity contribution < 1.29 is 52.8 Å². The molecule has 15 nitrogen and oxygen atoms in total. The first-order valence-corrected chi connectivity index (χ1v) is 22.3. The zero-order valence-electron chi connectivity index (χ0n) is 38.4. The molecule has 0 aromatic heterocycles. The highest BCUT2D eigenvalue weighted by molar-refractivity contribution is 5.90. The van der Waals surface area contributed by atoms with E-state index in [1.54, 1.807) is 41.5 Å². The molecule has 4 atom stereocenters. The van der Waals surface area contributed by atoms with Crippen LogP contribution in [-0.4, -0.2) is 107 Å². The molecule has 0 saturated carbocycles. The molecule has 0 unspecified atom stereocenters. The fourth-order valence-electron chi connectivity index (χ4n) is 8.22. The second kappa shape index (κ2) is 22.5. The van der Waals surface area contributed by atoms with Gasteiger partial charge < -0.3 is 39.6 Å². The second-order valence-corrected chi connectivity index (χ2v) is 18.4. The number of amides is 4. The Kier molecular flexibility index (Phi) is 17.2. The number of likely N-dealkylation sites (tertiary alicyclic amines) is 1. The minimum atomic E-state index is -1.50. The lowest BCUT2D eigenvalue weighted by atomic mass is 9.95. The molecule has 5 rings (SSSR count). The minimum absolute atomic E-state index is 0.0610. The van der Waals surface area contributed by atoms with Crippen LogP contribution in [0.1, 0.15) is 103 Å². The number of hydrogen-bond acceptors (Lipinski definition) is 10. The van der Waals surface area contributed by atoms with Gasteiger partial charge in [-0.1, -0.05) is 84.9 Å². The molecule has 3 aromatic carbocycles. The van der Waals surface area contributed by atoms with Gasteiger partial charge in [-0.15, -0.1) is 6.58 Å². The Morgan fingerprint density at radius 3 is 2.03 bits per heavy atom. The summed E-state index contributed by atoms with van der Waals surface area (Å²) in [4.78, 5) is 84.0. The molecule has 3 aromatic rings. The Bertz CT molecular complexity index is 2100. The van der Waals surface area contributed by atoms with Gasteiger partial charge >= 0.3 is 30.2 Å². The molecule has 2 aliphatic rings. The maximum absolute atomic E-state index is 15.0. The third-order valence-electron chi connectivity index (χ3n) is 11.2. The van der Waals surface area contributed by atoms with Gasteiger partial charge in [0.15, 0.2) is 0 Å². The molecule has 1 aliphatic heterocycles. The van der Waals surface area contributed by atoms with Crippen molar-refractivity contribution in [3.8, 4) is 11.1 Å². The van der Waals surface area contributed by atoms with Crippen LogP contribution in [0, 0.1) is 5.92 Å². The van der Waals surface area contributed by atoms with Crippen molar-refractivity contribution in [2.75, 3.05) is 26.2 Å². The number of esters is 1. The van der Waals surface area contributed by atoms with E-state index >= 15 is 0 Å². The maximum atomic E-state index is 15.0. The second-order valence-electron chi connectivity index (χ2n) is 18.4. The summed E-state index contributed by atoms with van der Waals surface area (Å²) in [6, 6.07) is 21.4. The number of ether oxygens (including phenoxy) is 4. The standard InChI is InChI=1S/C50H64N4O11/c1-8-34(42(44(56)57)52-47(60)65-50(5,6)7)27-30-54(48(61)63-32-39-37-23-14-12-21-35(37)36-22-13-15-24-38(36)39)40(43(55)53-29-18-26-41(53)45(58)64-49(2,3)4)25-16-17-28-51-46(59)62-31-33-19-10-9-11-20-33/h8-15,19-24,34,39-42H,1,16-18,25-32H2,2-7H3,(H,51,59)(H,52,60)(H,56,57)/t34-,40-,41-,42-/m0/s1. The van der Waals surface area contributed by atoms with Gasteiger partial charge in [-0.25, -0.2) is 24.0 Å². The molecule has 0 radical (unpaired) electrons. The van der Waals surface area contributed by atoms with Gasteiger partial charge in [0.05, 0.1) is 0 Å². The Morgan fingerprint density at radius 1 is 0.815 bits per heavy atom. The van der Waals surface area contributed by atoms with Crippen LogP contribution in [0.4, 0.5) is 14.4 Å². The summed E-state index contributed by atoms with van der Waals surface area (Å²) in [5, 5.41) is 15.5. The molecule has 1 saturated heterocycles. The molecule has 1 heterocycles. The summed E-state index contributed by atoms with van der Waals surface area (Å²) in [7, 11) is 0. The number of fused-ring (bicyclic) bond motifs is 3. The van der Waals surface area contributed by atoms with Crippen molar-refractivity contribution in [1.82, 2.24) is 20.4 Å². The number of rotatable bonds is 19. The number of hydrogen-bond donors (Lipinski definition) is 3. The molecule has 4 amide bonds. The van der Waals surface area contributed by atoms with Gasteiger partial charge in [0.25, 0.3) is 0 Å².